The van der Waals surface area contributed by atoms with E-state index in [1.165, 1.54) is 19.3 Å². The molecule has 0 amide bonds. The molecule has 110 valence electrons. The number of piperidine rings is 1. The van der Waals surface area contributed by atoms with E-state index in [4.69, 9.17) is 0 Å². The molecule has 2 aliphatic rings. The van der Waals surface area contributed by atoms with E-state index in [0.29, 0.717) is 17.9 Å². The largest absolute Gasteiger partial charge is 0.481 e. The van der Waals surface area contributed by atoms with Crippen molar-refractivity contribution in [2.24, 2.45) is 17.8 Å². The Labute approximate surface area is 117 Å². The molecule has 5 unspecified atom stereocenters. The lowest BCUT2D eigenvalue weighted by molar-refractivity contribution is -0.145. The highest BCUT2D eigenvalue weighted by Gasteiger charge is 2.39. The summed E-state index contributed by atoms with van der Waals surface area (Å²) in [4.78, 5) is 14.1. The van der Waals surface area contributed by atoms with Gasteiger partial charge in [-0.3, -0.25) is 9.69 Å². The third-order valence-electron chi connectivity index (χ3n) is 5.37. The Bertz CT molecular complexity index is 318. The predicted octanol–water partition coefficient (Wildman–Crippen LogP) is 3.39. The summed E-state index contributed by atoms with van der Waals surface area (Å²) in [5.41, 5.74) is 0. The Kier molecular flexibility index (Phi) is 4.88. The van der Waals surface area contributed by atoms with E-state index in [1.807, 2.05) is 0 Å². The van der Waals surface area contributed by atoms with Crippen LogP contribution in [0.1, 0.15) is 59.3 Å². The minimum absolute atomic E-state index is 0.151. The molecule has 5 atom stereocenters. The maximum absolute atomic E-state index is 11.6. The maximum Gasteiger partial charge on any atom is 0.308 e. The third-order valence-corrected chi connectivity index (χ3v) is 5.37. The molecule has 3 heteroatoms. The molecule has 3 nitrogen and oxygen atoms in total. The quantitative estimate of drug-likeness (QED) is 0.780. The van der Waals surface area contributed by atoms with E-state index in [1.54, 1.807) is 0 Å². The van der Waals surface area contributed by atoms with Crippen molar-refractivity contribution < 1.29 is 9.90 Å². The van der Waals surface area contributed by atoms with Crippen molar-refractivity contribution >= 4 is 5.97 Å². The summed E-state index contributed by atoms with van der Waals surface area (Å²) in [6, 6.07) is 0.793. The van der Waals surface area contributed by atoms with Gasteiger partial charge >= 0.3 is 5.97 Å². The number of rotatable bonds is 2. The van der Waals surface area contributed by atoms with Gasteiger partial charge in [-0.2, -0.15) is 0 Å². The van der Waals surface area contributed by atoms with Gasteiger partial charge in [0.15, 0.2) is 0 Å². The van der Waals surface area contributed by atoms with Crippen LogP contribution in [0.4, 0.5) is 0 Å². The number of carboxylic acids is 1. The molecule has 0 aromatic carbocycles. The van der Waals surface area contributed by atoms with E-state index in [0.717, 1.165) is 25.8 Å². The molecule has 2 rings (SSSR count). The topological polar surface area (TPSA) is 40.5 Å². The Balaban J connectivity index is 2.17. The molecule has 1 aliphatic heterocycles. The molecule has 1 aliphatic carbocycles. The minimum Gasteiger partial charge on any atom is -0.481 e. The van der Waals surface area contributed by atoms with E-state index in [9.17, 15) is 9.90 Å². The molecule has 1 N–H and O–H groups in total. The normalized spacial score (nSPS) is 41.7. The van der Waals surface area contributed by atoms with E-state index >= 15 is 0 Å². The zero-order valence-electron chi connectivity index (χ0n) is 12.6. The molecule has 0 spiro atoms. The van der Waals surface area contributed by atoms with Crippen LogP contribution in [-0.2, 0) is 4.79 Å². The number of hydrogen-bond acceptors (Lipinski definition) is 2. The van der Waals surface area contributed by atoms with Gasteiger partial charge in [0.25, 0.3) is 0 Å². The number of likely N-dealkylation sites (tertiary alicyclic amines) is 1. The Morgan fingerprint density at radius 2 is 1.79 bits per heavy atom. The lowest BCUT2D eigenvalue weighted by Gasteiger charge is -2.46. The molecule has 0 aromatic rings. The fourth-order valence-electron chi connectivity index (χ4n) is 4.17. The number of aliphatic carboxylic acids is 1. The SMILES string of the molecule is CC1CC(C)C(C)N(C2CCCCCC2C(=O)O)C1. The molecule has 0 radical (unpaired) electrons. The lowest BCUT2D eigenvalue weighted by Crippen LogP contribution is -2.54. The van der Waals surface area contributed by atoms with Crippen molar-refractivity contribution in [3.8, 4) is 0 Å². The van der Waals surface area contributed by atoms with Gasteiger partial charge in [-0.05, 0) is 38.0 Å². The van der Waals surface area contributed by atoms with Crippen LogP contribution in [0.5, 0.6) is 0 Å². The molecule has 0 aromatic heterocycles. The minimum atomic E-state index is -0.579. The second-order valence-electron chi connectivity index (χ2n) is 6.91. The van der Waals surface area contributed by atoms with Crippen molar-refractivity contribution in [2.45, 2.75) is 71.4 Å². The van der Waals surface area contributed by atoms with Crippen molar-refractivity contribution in [1.82, 2.24) is 4.90 Å². The lowest BCUT2D eigenvalue weighted by atomic mass is 9.82. The van der Waals surface area contributed by atoms with Crippen LogP contribution in [0.25, 0.3) is 0 Å². The first-order chi connectivity index (χ1) is 9.00. The van der Waals surface area contributed by atoms with Gasteiger partial charge < -0.3 is 5.11 Å². The summed E-state index contributed by atoms with van der Waals surface area (Å²) in [6.07, 6.45) is 6.70. The predicted molar refractivity (Wildman–Crippen MR) is 77.1 cm³/mol. The van der Waals surface area contributed by atoms with Gasteiger partial charge in [0.2, 0.25) is 0 Å². The highest BCUT2D eigenvalue weighted by atomic mass is 16.4. The van der Waals surface area contributed by atoms with Gasteiger partial charge in [-0.15, -0.1) is 0 Å². The van der Waals surface area contributed by atoms with Crippen LogP contribution >= 0.6 is 0 Å². The first-order valence-electron chi connectivity index (χ1n) is 7.99. The molecule has 0 bridgehead atoms. The van der Waals surface area contributed by atoms with Crippen LogP contribution in [0.15, 0.2) is 0 Å². The highest BCUT2D eigenvalue weighted by molar-refractivity contribution is 5.71. The smallest absolute Gasteiger partial charge is 0.308 e. The van der Waals surface area contributed by atoms with Gasteiger partial charge in [0.05, 0.1) is 5.92 Å². The zero-order valence-corrected chi connectivity index (χ0v) is 12.6. The number of carboxylic acid groups (broad SMARTS) is 1. The number of carbonyl (C=O) groups is 1. The van der Waals surface area contributed by atoms with Crippen molar-refractivity contribution in [3.05, 3.63) is 0 Å². The van der Waals surface area contributed by atoms with Crippen LogP contribution in [0.2, 0.25) is 0 Å². The second-order valence-corrected chi connectivity index (χ2v) is 6.91. The van der Waals surface area contributed by atoms with Crippen LogP contribution in [-0.4, -0.2) is 34.6 Å². The Morgan fingerprint density at radius 1 is 1.11 bits per heavy atom. The molecular formula is C16H29NO2. The Hall–Kier alpha value is -0.570. The fraction of sp³-hybridized carbons (Fsp3) is 0.938. The van der Waals surface area contributed by atoms with Crippen molar-refractivity contribution in [1.29, 1.82) is 0 Å². The summed E-state index contributed by atoms with van der Waals surface area (Å²) in [7, 11) is 0. The monoisotopic (exact) mass is 267 g/mol. The summed E-state index contributed by atoms with van der Waals surface area (Å²) >= 11 is 0. The summed E-state index contributed by atoms with van der Waals surface area (Å²) in [5, 5.41) is 9.56. The van der Waals surface area contributed by atoms with Crippen molar-refractivity contribution in [2.75, 3.05) is 6.54 Å². The van der Waals surface area contributed by atoms with Gasteiger partial charge in [0, 0.05) is 18.6 Å². The second kappa shape index (κ2) is 6.25. The third kappa shape index (κ3) is 3.31. The van der Waals surface area contributed by atoms with Gasteiger partial charge in [-0.1, -0.05) is 33.1 Å². The van der Waals surface area contributed by atoms with Gasteiger partial charge in [-0.25, -0.2) is 0 Å². The Morgan fingerprint density at radius 3 is 2.47 bits per heavy atom. The van der Waals surface area contributed by atoms with Crippen LogP contribution < -0.4 is 0 Å². The molecule has 1 saturated heterocycles. The average Bonchev–Trinajstić information content (AvgIpc) is 2.59. The van der Waals surface area contributed by atoms with Gasteiger partial charge in [0.1, 0.15) is 0 Å². The summed E-state index contributed by atoms with van der Waals surface area (Å²) < 4.78 is 0. The molecule has 1 heterocycles. The van der Waals surface area contributed by atoms with Crippen LogP contribution in [0.3, 0.4) is 0 Å². The maximum atomic E-state index is 11.6. The molecular weight excluding hydrogens is 238 g/mol. The molecule has 2 fully saturated rings. The summed E-state index contributed by atoms with van der Waals surface area (Å²) in [6.45, 7) is 8.00. The van der Waals surface area contributed by atoms with Crippen molar-refractivity contribution in [3.63, 3.8) is 0 Å². The van der Waals surface area contributed by atoms with Crippen LogP contribution in [0, 0.1) is 17.8 Å². The first kappa shape index (κ1) is 14.8. The first-order valence-corrected chi connectivity index (χ1v) is 7.99. The fourth-order valence-corrected chi connectivity index (χ4v) is 4.17. The standard InChI is InChI=1S/C16H29NO2/c1-11-9-12(2)13(3)17(10-11)15-8-6-4-5-7-14(15)16(18)19/h11-15H,4-10H2,1-3H3,(H,18,19). The number of nitrogens with zero attached hydrogens (tertiary/aromatic N) is 1. The van der Waals surface area contributed by atoms with E-state index in [2.05, 4.69) is 25.7 Å². The van der Waals surface area contributed by atoms with E-state index < -0.39 is 5.97 Å². The molecule has 1 saturated carbocycles. The highest BCUT2D eigenvalue weighted by Crippen LogP contribution is 2.35. The van der Waals surface area contributed by atoms with E-state index in [-0.39, 0.29) is 12.0 Å². The number of hydrogen-bond donors (Lipinski definition) is 1. The average molecular weight is 267 g/mol. The summed E-state index contributed by atoms with van der Waals surface area (Å²) in [5.74, 6) is 0.651. The molecule has 19 heavy (non-hydrogen) atoms. The zero-order chi connectivity index (χ0) is 14.0.